The van der Waals surface area contributed by atoms with Gasteiger partial charge in [-0.3, -0.25) is 0 Å². The highest BCUT2D eigenvalue weighted by atomic mass is 32.2. The van der Waals surface area contributed by atoms with E-state index in [1.807, 2.05) is 0 Å². The van der Waals surface area contributed by atoms with Crippen LogP contribution in [0.3, 0.4) is 0 Å². The number of piperidine rings is 1. The maximum absolute atomic E-state index is 12.0. The van der Waals surface area contributed by atoms with Gasteiger partial charge in [0.05, 0.1) is 0 Å². The van der Waals surface area contributed by atoms with Gasteiger partial charge in [-0.05, 0) is 43.5 Å². The van der Waals surface area contributed by atoms with E-state index in [2.05, 4.69) is 22.5 Å². The summed E-state index contributed by atoms with van der Waals surface area (Å²) < 4.78 is 25.1. The van der Waals surface area contributed by atoms with E-state index in [1.54, 1.807) is 12.1 Å². The molecule has 0 bridgehead atoms. The smallest absolute Gasteiger partial charge is 0.244 e. The Morgan fingerprint density at radius 3 is 2.52 bits per heavy atom. The van der Waals surface area contributed by atoms with E-state index in [0.29, 0.717) is 5.82 Å². The first-order valence-electron chi connectivity index (χ1n) is 7.17. The van der Waals surface area contributed by atoms with Crippen LogP contribution < -0.4 is 10.6 Å². The zero-order valence-corrected chi connectivity index (χ0v) is 13.7. The summed E-state index contributed by atoms with van der Waals surface area (Å²) in [5.74, 6) is 0.715. The summed E-state index contributed by atoms with van der Waals surface area (Å²) in [6, 6.07) is 3.32. The monoisotopic (exact) mass is 312 g/mol. The maximum atomic E-state index is 12.0. The van der Waals surface area contributed by atoms with Crippen LogP contribution in [-0.2, 0) is 10.0 Å². The Kier molecular flexibility index (Phi) is 4.85. The van der Waals surface area contributed by atoms with Gasteiger partial charge in [-0.25, -0.2) is 17.7 Å². The molecule has 0 aromatic carbocycles. The minimum Gasteiger partial charge on any atom is -0.370 e. The van der Waals surface area contributed by atoms with Crippen LogP contribution in [0, 0.1) is 5.41 Å². The van der Waals surface area contributed by atoms with E-state index >= 15 is 0 Å². The van der Waals surface area contributed by atoms with Crippen molar-refractivity contribution in [1.29, 1.82) is 0 Å². The summed E-state index contributed by atoms with van der Waals surface area (Å²) in [5, 5.41) is 6.67. The Balaban J connectivity index is 2.00. The van der Waals surface area contributed by atoms with E-state index < -0.39 is 10.0 Å². The molecule has 2 heterocycles. The first kappa shape index (κ1) is 16.2. The highest BCUT2D eigenvalue weighted by molar-refractivity contribution is 7.89. The molecule has 6 nitrogen and oxygen atoms in total. The van der Waals surface area contributed by atoms with Crippen molar-refractivity contribution in [2.45, 2.75) is 24.7 Å². The van der Waals surface area contributed by atoms with Gasteiger partial charge in [-0.1, -0.05) is 6.92 Å². The van der Waals surface area contributed by atoms with Gasteiger partial charge in [0.15, 0.2) is 0 Å². The van der Waals surface area contributed by atoms with Crippen LogP contribution in [0.15, 0.2) is 23.2 Å². The fourth-order valence-electron chi connectivity index (χ4n) is 2.36. The Labute approximate surface area is 127 Å². The van der Waals surface area contributed by atoms with Crippen molar-refractivity contribution >= 4 is 15.8 Å². The average molecular weight is 312 g/mol. The number of nitrogens with zero attached hydrogens (tertiary/aromatic N) is 2. The Bertz CT molecular complexity index is 563. The number of hydrogen-bond donors (Lipinski definition) is 2. The molecule has 21 heavy (non-hydrogen) atoms. The standard InChI is InChI=1S/C14H24N4O2S/c1-14(6-8-15-9-7-14)11-17-13-5-4-12(10-16-13)21(19,20)18(2)3/h4-5,10,15H,6-9,11H2,1-3H3,(H,16,17). The minimum atomic E-state index is -3.41. The maximum Gasteiger partial charge on any atom is 0.244 e. The average Bonchev–Trinajstić information content (AvgIpc) is 2.46. The number of hydrogen-bond acceptors (Lipinski definition) is 5. The van der Waals surface area contributed by atoms with Crippen LogP contribution in [0.4, 0.5) is 5.82 Å². The molecular weight excluding hydrogens is 288 g/mol. The highest BCUT2D eigenvalue weighted by Gasteiger charge is 2.26. The number of sulfonamides is 1. The third-order valence-electron chi connectivity index (χ3n) is 4.02. The van der Waals surface area contributed by atoms with Crippen molar-refractivity contribution in [1.82, 2.24) is 14.6 Å². The SMILES string of the molecule is CN(C)S(=O)(=O)c1ccc(NCC2(C)CCNCC2)nc1. The summed E-state index contributed by atoms with van der Waals surface area (Å²) in [7, 11) is -0.380. The topological polar surface area (TPSA) is 74.3 Å². The summed E-state index contributed by atoms with van der Waals surface area (Å²) in [5.41, 5.74) is 0.265. The fourth-order valence-corrected chi connectivity index (χ4v) is 3.21. The molecule has 2 rings (SSSR count). The molecule has 0 amide bonds. The molecule has 118 valence electrons. The zero-order valence-electron chi connectivity index (χ0n) is 12.9. The summed E-state index contributed by atoms with van der Waals surface area (Å²) in [6.45, 7) is 5.21. The van der Waals surface area contributed by atoms with Crippen molar-refractivity contribution in [3.8, 4) is 0 Å². The Hall–Kier alpha value is -1.18. The second kappa shape index (κ2) is 6.29. The van der Waals surface area contributed by atoms with Crippen molar-refractivity contribution in [2.24, 2.45) is 5.41 Å². The van der Waals surface area contributed by atoms with Gasteiger partial charge in [0.25, 0.3) is 0 Å². The van der Waals surface area contributed by atoms with Crippen LogP contribution >= 0.6 is 0 Å². The quantitative estimate of drug-likeness (QED) is 0.853. The van der Waals surface area contributed by atoms with E-state index in [-0.39, 0.29) is 10.3 Å². The highest BCUT2D eigenvalue weighted by Crippen LogP contribution is 2.28. The number of aromatic nitrogens is 1. The predicted octanol–water partition coefficient (Wildman–Crippen LogP) is 1.13. The molecule has 1 aromatic heterocycles. The molecule has 1 saturated heterocycles. The van der Waals surface area contributed by atoms with Crippen molar-refractivity contribution in [3.05, 3.63) is 18.3 Å². The lowest BCUT2D eigenvalue weighted by Gasteiger charge is -2.34. The van der Waals surface area contributed by atoms with Gasteiger partial charge in [0, 0.05) is 26.8 Å². The second-order valence-electron chi connectivity index (χ2n) is 6.08. The van der Waals surface area contributed by atoms with E-state index in [4.69, 9.17) is 0 Å². The van der Waals surface area contributed by atoms with Crippen molar-refractivity contribution in [2.75, 3.05) is 39.0 Å². The molecule has 0 unspecified atom stereocenters. The number of pyridine rings is 1. The molecule has 1 aromatic rings. The van der Waals surface area contributed by atoms with E-state index in [1.165, 1.54) is 24.6 Å². The van der Waals surface area contributed by atoms with Gasteiger partial charge in [0.1, 0.15) is 10.7 Å². The normalized spacial score (nSPS) is 18.7. The third kappa shape index (κ3) is 3.93. The predicted molar refractivity (Wildman–Crippen MR) is 83.8 cm³/mol. The van der Waals surface area contributed by atoms with Crippen molar-refractivity contribution < 1.29 is 8.42 Å². The molecular formula is C14H24N4O2S. The van der Waals surface area contributed by atoms with E-state index in [0.717, 1.165) is 32.5 Å². The molecule has 1 fully saturated rings. The van der Waals surface area contributed by atoms with Crippen LogP contribution in [0.25, 0.3) is 0 Å². The molecule has 1 aliphatic heterocycles. The van der Waals surface area contributed by atoms with Crippen LogP contribution in [0.5, 0.6) is 0 Å². The first-order chi connectivity index (χ1) is 9.83. The number of nitrogens with one attached hydrogen (secondary N) is 2. The minimum absolute atomic E-state index is 0.214. The molecule has 1 aliphatic rings. The summed E-state index contributed by atoms with van der Waals surface area (Å²) >= 11 is 0. The lowest BCUT2D eigenvalue weighted by Crippen LogP contribution is -2.39. The Morgan fingerprint density at radius 1 is 1.33 bits per heavy atom. The van der Waals surface area contributed by atoms with Crippen LogP contribution in [-0.4, -0.2) is 51.4 Å². The lowest BCUT2D eigenvalue weighted by molar-refractivity contribution is 0.247. The molecule has 7 heteroatoms. The third-order valence-corrected chi connectivity index (χ3v) is 5.82. The molecule has 0 radical (unpaired) electrons. The van der Waals surface area contributed by atoms with Gasteiger partial charge < -0.3 is 10.6 Å². The molecule has 2 N–H and O–H groups in total. The molecule has 0 saturated carbocycles. The van der Waals surface area contributed by atoms with Crippen molar-refractivity contribution in [3.63, 3.8) is 0 Å². The van der Waals surface area contributed by atoms with Gasteiger partial charge >= 0.3 is 0 Å². The molecule has 0 aliphatic carbocycles. The zero-order chi connectivity index (χ0) is 15.5. The van der Waals surface area contributed by atoms with Crippen LogP contribution in [0.2, 0.25) is 0 Å². The van der Waals surface area contributed by atoms with Gasteiger partial charge in [0.2, 0.25) is 10.0 Å². The summed E-state index contributed by atoms with van der Waals surface area (Å²) in [6.07, 6.45) is 3.67. The molecule has 0 spiro atoms. The number of rotatable bonds is 5. The van der Waals surface area contributed by atoms with Crippen LogP contribution in [0.1, 0.15) is 19.8 Å². The van der Waals surface area contributed by atoms with Gasteiger partial charge in [-0.2, -0.15) is 0 Å². The molecule has 0 atom stereocenters. The Morgan fingerprint density at radius 2 is 2.00 bits per heavy atom. The fraction of sp³-hybridized carbons (Fsp3) is 0.643. The van der Waals surface area contributed by atoms with E-state index in [9.17, 15) is 8.42 Å². The first-order valence-corrected chi connectivity index (χ1v) is 8.61. The van der Waals surface area contributed by atoms with Gasteiger partial charge in [-0.15, -0.1) is 0 Å². The lowest BCUT2D eigenvalue weighted by atomic mass is 9.81. The summed E-state index contributed by atoms with van der Waals surface area (Å²) in [4.78, 5) is 4.42. The second-order valence-corrected chi connectivity index (χ2v) is 8.23. The largest absolute Gasteiger partial charge is 0.370 e. The number of anilines is 1.